The highest BCUT2D eigenvalue weighted by Gasteiger charge is 2.21. The minimum atomic E-state index is -4.66. The first kappa shape index (κ1) is 58.9. The molecule has 0 bridgehead atoms. The summed E-state index contributed by atoms with van der Waals surface area (Å²) in [7, 11) is 1.08. The lowest BCUT2D eigenvalue weighted by Crippen LogP contribution is -2.37. The highest BCUT2D eigenvalue weighted by atomic mass is 31.2. The largest absolute Gasteiger partial charge is 0.756 e. The van der Waals surface area contributed by atoms with Crippen LogP contribution in [0.15, 0.2) is 97.2 Å². The van der Waals surface area contributed by atoms with Gasteiger partial charge in [0.25, 0.3) is 7.82 Å². The molecule has 0 aromatic carbocycles. The number of carbonyl (C=O) groups excluding carboxylic acids is 2. The Morgan fingerprint density at radius 1 is 0.597 bits per heavy atom. The van der Waals surface area contributed by atoms with E-state index in [0.717, 1.165) is 70.6 Å². The third-order valence-corrected chi connectivity index (χ3v) is 10.5. The molecule has 0 aliphatic rings. The van der Waals surface area contributed by atoms with Crippen molar-refractivity contribution in [1.29, 1.82) is 0 Å². The Balaban J connectivity index is 4.47. The molecule has 10 nitrogen and oxygen atoms in total. The number of rotatable bonds is 41. The number of aliphatic hydroxyl groups is 1. The number of unbranched alkanes of at least 4 members (excludes halogenated alkanes) is 11. The molecule has 0 amide bonds. The molecule has 3 atom stereocenters. The summed E-state index contributed by atoms with van der Waals surface area (Å²) < 4.78 is 33.8. The van der Waals surface area contributed by atoms with Crippen molar-refractivity contribution < 1.29 is 47.2 Å². The standard InChI is InChI=1S/C51H86NO9P/c1-6-8-9-10-11-12-13-14-15-16-17-18-19-20-24-27-30-33-36-39-42-50(54)58-46-49(47-60-62(56,57)59-45-44-52(3,4)5)61-51(55)43-40-37-34-31-28-25-22-21-23-26-29-32-35-38-41-48(53)7-2/h12-13,15-16,18-19,22-23,25-26,31-32,34-35,38,41,48-49,53H,6-11,14,17,20-21,24,27-30,33,36-37,39-40,42-47H2,1-5H3/b13-12-,16-15-,19-18-,25-22-,26-23-,34-31-,35-32-,41-38+/t48-,49-/m1/s1. The molecule has 0 aliphatic carbocycles. The first-order chi connectivity index (χ1) is 29.9. The molecule has 0 saturated heterocycles. The van der Waals surface area contributed by atoms with E-state index < -0.39 is 32.5 Å². The van der Waals surface area contributed by atoms with Crippen molar-refractivity contribution in [3.63, 3.8) is 0 Å². The number of hydrogen-bond donors (Lipinski definition) is 1. The minimum absolute atomic E-state index is 0.0560. The average molecular weight is 888 g/mol. The first-order valence-corrected chi connectivity index (χ1v) is 25.0. The smallest absolute Gasteiger partial charge is 0.306 e. The van der Waals surface area contributed by atoms with Crippen LogP contribution in [0.2, 0.25) is 0 Å². The van der Waals surface area contributed by atoms with Gasteiger partial charge >= 0.3 is 11.9 Å². The summed E-state index contributed by atoms with van der Waals surface area (Å²) in [5.41, 5.74) is 0. The maximum atomic E-state index is 12.7. The summed E-state index contributed by atoms with van der Waals surface area (Å²) in [5, 5.41) is 9.49. The monoisotopic (exact) mass is 888 g/mol. The minimum Gasteiger partial charge on any atom is -0.756 e. The zero-order valence-corrected chi connectivity index (χ0v) is 40.3. The molecule has 0 spiro atoms. The van der Waals surface area contributed by atoms with E-state index in [1.54, 1.807) is 6.08 Å². The molecule has 0 fully saturated rings. The van der Waals surface area contributed by atoms with Crippen LogP contribution in [0.1, 0.15) is 155 Å². The third-order valence-electron chi connectivity index (χ3n) is 9.50. The Labute approximate surface area is 377 Å². The Hall–Kier alpha value is -3.11. The number of ether oxygens (including phenoxy) is 2. The molecule has 0 aliphatic heterocycles. The van der Waals surface area contributed by atoms with Gasteiger partial charge in [-0.1, -0.05) is 156 Å². The summed E-state index contributed by atoms with van der Waals surface area (Å²) >= 11 is 0. The van der Waals surface area contributed by atoms with Crippen molar-refractivity contribution in [3.8, 4) is 0 Å². The molecule has 0 rings (SSSR count). The first-order valence-electron chi connectivity index (χ1n) is 23.6. The molecule has 354 valence electrons. The van der Waals surface area contributed by atoms with Crippen LogP contribution in [-0.2, 0) is 32.7 Å². The highest BCUT2D eigenvalue weighted by Crippen LogP contribution is 2.38. The molecule has 62 heavy (non-hydrogen) atoms. The topological polar surface area (TPSA) is 131 Å². The van der Waals surface area contributed by atoms with E-state index in [0.29, 0.717) is 36.7 Å². The Morgan fingerprint density at radius 2 is 1.08 bits per heavy atom. The number of esters is 2. The lowest BCUT2D eigenvalue weighted by atomic mass is 10.1. The molecule has 0 heterocycles. The third kappa shape index (κ3) is 44.9. The predicted molar refractivity (Wildman–Crippen MR) is 255 cm³/mol. The van der Waals surface area contributed by atoms with E-state index in [-0.39, 0.29) is 32.2 Å². The summed E-state index contributed by atoms with van der Waals surface area (Å²) in [6, 6.07) is 0. The van der Waals surface area contributed by atoms with Gasteiger partial charge in [0.15, 0.2) is 6.10 Å². The molecule has 1 N–H and O–H groups in total. The number of phosphoric ester groups is 1. The van der Waals surface area contributed by atoms with Crippen molar-refractivity contribution in [2.45, 2.75) is 167 Å². The van der Waals surface area contributed by atoms with Crippen LogP contribution in [-0.4, -0.2) is 81.2 Å². The number of quaternary nitrogens is 1. The van der Waals surface area contributed by atoms with E-state index in [4.69, 9.17) is 18.5 Å². The van der Waals surface area contributed by atoms with Crippen LogP contribution < -0.4 is 4.89 Å². The van der Waals surface area contributed by atoms with Crippen LogP contribution in [0.4, 0.5) is 0 Å². The van der Waals surface area contributed by atoms with Gasteiger partial charge in [-0.15, -0.1) is 0 Å². The number of likely N-dealkylation sites (N-methyl/N-ethyl adjacent to an activating group) is 1. The van der Waals surface area contributed by atoms with E-state index in [1.165, 1.54) is 32.1 Å². The molecule has 0 saturated carbocycles. The van der Waals surface area contributed by atoms with Gasteiger partial charge in [0, 0.05) is 12.8 Å². The number of allylic oxidation sites excluding steroid dienone is 15. The van der Waals surface area contributed by atoms with Crippen molar-refractivity contribution in [3.05, 3.63) is 97.2 Å². The fraction of sp³-hybridized carbons (Fsp3) is 0.647. The predicted octanol–water partition coefficient (Wildman–Crippen LogP) is 12.1. The van der Waals surface area contributed by atoms with Crippen LogP contribution in [0.25, 0.3) is 0 Å². The number of hydrogen-bond acceptors (Lipinski definition) is 9. The zero-order chi connectivity index (χ0) is 45.8. The van der Waals surface area contributed by atoms with E-state index in [9.17, 15) is 24.2 Å². The molecule has 0 radical (unpaired) electrons. The zero-order valence-electron chi connectivity index (χ0n) is 39.4. The highest BCUT2D eigenvalue weighted by molar-refractivity contribution is 7.45. The van der Waals surface area contributed by atoms with Crippen LogP contribution >= 0.6 is 7.82 Å². The van der Waals surface area contributed by atoms with Crippen LogP contribution in [0, 0.1) is 0 Å². The van der Waals surface area contributed by atoms with Gasteiger partial charge in [-0.2, -0.15) is 0 Å². The number of nitrogens with zero attached hydrogens (tertiary/aromatic N) is 1. The fourth-order valence-electron chi connectivity index (χ4n) is 5.65. The maximum absolute atomic E-state index is 12.7. The molecular formula is C51H86NO9P. The van der Waals surface area contributed by atoms with Gasteiger partial charge < -0.3 is 33.0 Å². The molecule has 0 aromatic rings. The summed E-state index contributed by atoms with van der Waals surface area (Å²) in [6.45, 7) is 3.76. The quantitative estimate of drug-likeness (QED) is 0.0159. The normalized spacial score (nSPS) is 14.9. The van der Waals surface area contributed by atoms with Crippen molar-refractivity contribution >= 4 is 19.8 Å². The van der Waals surface area contributed by atoms with Crippen LogP contribution in [0.5, 0.6) is 0 Å². The number of phosphoric acid groups is 1. The van der Waals surface area contributed by atoms with E-state index >= 15 is 0 Å². The van der Waals surface area contributed by atoms with Crippen LogP contribution in [0.3, 0.4) is 0 Å². The molecular weight excluding hydrogens is 802 g/mol. The van der Waals surface area contributed by atoms with Gasteiger partial charge in [0.05, 0.1) is 33.9 Å². The summed E-state index contributed by atoms with van der Waals surface area (Å²) in [4.78, 5) is 37.6. The Morgan fingerprint density at radius 3 is 1.63 bits per heavy atom. The van der Waals surface area contributed by atoms with Gasteiger partial charge in [-0.05, 0) is 83.5 Å². The van der Waals surface area contributed by atoms with E-state index in [1.807, 2.05) is 58.4 Å². The lowest BCUT2D eigenvalue weighted by Gasteiger charge is -2.28. The van der Waals surface area contributed by atoms with Gasteiger partial charge in [-0.25, -0.2) is 0 Å². The molecule has 0 aromatic heterocycles. The maximum Gasteiger partial charge on any atom is 0.306 e. The number of carbonyl (C=O) groups is 2. The second-order valence-electron chi connectivity index (χ2n) is 16.6. The molecule has 11 heteroatoms. The molecule has 1 unspecified atom stereocenters. The summed E-state index contributed by atoms with van der Waals surface area (Å²) in [5.74, 6) is -0.946. The Kier molecular flexibility index (Phi) is 39.8. The van der Waals surface area contributed by atoms with Gasteiger partial charge in [0.2, 0.25) is 0 Å². The SMILES string of the molecule is CCCCCC/C=C\C/C=C\C/C=C\CCCCCCCCC(=O)OC[C@H](COP(=O)([O-])OCC[N+](C)(C)C)OC(=O)CCC/C=C\C/C=C\C/C=C\C/C=C\C=C\[C@H](O)CC. The average Bonchev–Trinajstić information content (AvgIpc) is 3.23. The second-order valence-corrected chi connectivity index (χ2v) is 18.0. The lowest BCUT2D eigenvalue weighted by molar-refractivity contribution is -0.870. The van der Waals surface area contributed by atoms with Crippen molar-refractivity contribution in [1.82, 2.24) is 0 Å². The van der Waals surface area contributed by atoms with Crippen molar-refractivity contribution in [2.24, 2.45) is 0 Å². The van der Waals surface area contributed by atoms with E-state index in [2.05, 4.69) is 67.7 Å². The van der Waals surface area contributed by atoms with Crippen molar-refractivity contribution in [2.75, 3.05) is 47.5 Å². The second kappa shape index (κ2) is 41.9. The Bertz CT molecular complexity index is 1390. The number of aliphatic hydroxyl groups excluding tert-OH is 1. The van der Waals surface area contributed by atoms with Gasteiger partial charge in [0.1, 0.15) is 19.8 Å². The fourth-order valence-corrected chi connectivity index (χ4v) is 6.38. The summed E-state index contributed by atoms with van der Waals surface area (Å²) in [6.07, 6.45) is 52.5. The van der Waals surface area contributed by atoms with Gasteiger partial charge in [-0.3, -0.25) is 14.2 Å².